The molecular formula is C15H20N2O3. The summed E-state index contributed by atoms with van der Waals surface area (Å²) in [6.07, 6.45) is 2.48. The van der Waals surface area contributed by atoms with Gasteiger partial charge in [-0.15, -0.1) is 0 Å². The van der Waals surface area contributed by atoms with Gasteiger partial charge in [-0.25, -0.2) is 9.59 Å². The van der Waals surface area contributed by atoms with E-state index in [1.165, 1.54) is 5.56 Å². The average molecular weight is 276 g/mol. The van der Waals surface area contributed by atoms with E-state index in [4.69, 9.17) is 5.11 Å². The maximum absolute atomic E-state index is 11.7. The van der Waals surface area contributed by atoms with Crippen molar-refractivity contribution in [1.29, 1.82) is 0 Å². The lowest BCUT2D eigenvalue weighted by Crippen LogP contribution is -2.47. The van der Waals surface area contributed by atoms with Crippen molar-refractivity contribution >= 4 is 12.0 Å². The Labute approximate surface area is 118 Å². The first kappa shape index (κ1) is 14.4. The minimum absolute atomic E-state index is 0.0926. The third-order valence-electron chi connectivity index (χ3n) is 3.43. The lowest BCUT2D eigenvalue weighted by molar-refractivity contribution is -0.139. The molecule has 5 heteroatoms. The van der Waals surface area contributed by atoms with Gasteiger partial charge < -0.3 is 15.7 Å². The van der Waals surface area contributed by atoms with Crippen LogP contribution in [-0.2, 0) is 11.2 Å². The van der Waals surface area contributed by atoms with E-state index in [0.29, 0.717) is 6.54 Å². The Morgan fingerprint density at radius 2 is 2.15 bits per heavy atom. The van der Waals surface area contributed by atoms with Crippen LogP contribution in [0.15, 0.2) is 24.3 Å². The first-order chi connectivity index (χ1) is 9.56. The van der Waals surface area contributed by atoms with Gasteiger partial charge >= 0.3 is 12.0 Å². The van der Waals surface area contributed by atoms with Crippen LogP contribution in [0.25, 0.3) is 0 Å². The molecule has 1 saturated carbocycles. The maximum atomic E-state index is 11.7. The first-order valence-electron chi connectivity index (χ1n) is 6.89. The Hall–Kier alpha value is -2.04. The van der Waals surface area contributed by atoms with E-state index in [9.17, 15) is 9.59 Å². The summed E-state index contributed by atoms with van der Waals surface area (Å²) in [6, 6.07) is 6.93. The zero-order valence-corrected chi connectivity index (χ0v) is 11.6. The van der Waals surface area contributed by atoms with Crippen molar-refractivity contribution in [2.24, 2.45) is 5.92 Å². The van der Waals surface area contributed by atoms with Crippen molar-refractivity contribution in [2.45, 2.75) is 32.2 Å². The summed E-state index contributed by atoms with van der Waals surface area (Å²) in [6.45, 7) is 2.52. The van der Waals surface area contributed by atoms with Crippen molar-refractivity contribution in [3.63, 3.8) is 0 Å². The summed E-state index contributed by atoms with van der Waals surface area (Å²) < 4.78 is 0. The number of nitrogens with one attached hydrogen (secondary N) is 2. The van der Waals surface area contributed by atoms with Crippen LogP contribution in [-0.4, -0.2) is 29.7 Å². The Balaban J connectivity index is 1.73. The second kappa shape index (κ2) is 6.41. The largest absolute Gasteiger partial charge is 0.480 e. The van der Waals surface area contributed by atoms with Crippen LogP contribution in [0.2, 0.25) is 0 Å². The summed E-state index contributed by atoms with van der Waals surface area (Å²) in [7, 11) is 0. The third kappa shape index (κ3) is 4.26. The monoisotopic (exact) mass is 276 g/mol. The lowest BCUT2D eigenvalue weighted by Gasteiger charge is -2.14. The molecule has 2 amide bonds. The van der Waals surface area contributed by atoms with E-state index in [0.717, 1.165) is 24.8 Å². The van der Waals surface area contributed by atoms with Gasteiger partial charge in [0, 0.05) is 6.54 Å². The molecule has 0 aliphatic heterocycles. The molecule has 1 aliphatic rings. The van der Waals surface area contributed by atoms with Gasteiger partial charge in [-0.1, -0.05) is 29.8 Å². The Morgan fingerprint density at radius 3 is 2.75 bits per heavy atom. The molecule has 0 heterocycles. The Kier molecular flexibility index (Phi) is 4.61. The SMILES string of the molecule is Cc1cccc(CCNC(=O)NC(C(=O)O)C2CC2)c1. The number of carboxylic acids is 1. The molecule has 0 saturated heterocycles. The molecular weight excluding hydrogens is 256 g/mol. The highest BCUT2D eigenvalue weighted by molar-refractivity contribution is 5.83. The number of hydrogen-bond acceptors (Lipinski definition) is 2. The molecule has 1 fully saturated rings. The van der Waals surface area contributed by atoms with Crippen molar-refractivity contribution in [1.82, 2.24) is 10.6 Å². The number of carbonyl (C=O) groups is 2. The predicted octanol–water partition coefficient (Wildman–Crippen LogP) is 1.70. The van der Waals surface area contributed by atoms with E-state index in [1.54, 1.807) is 0 Å². The summed E-state index contributed by atoms with van der Waals surface area (Å²) in [4.78, 5) is 22.7. The van der Waals surface area contributed by atoms with E-state index in [1.807, 2.05) is 25.1 Å². The van der Waals surface area contributed by atoms with Gasteiger partial charge in [0.05, 0.1) is 0 Å². The minimum Gasteiger partial charge on any atom is -0.480 e. The van der Waals surface area contributed by atoms with Crippen molar-refractivity contribution in [3.8, 4) is 0 Å². The molecule has 108 valence electrons. The molecule has 1 aliphatic carbocycles. The number of benzene rings is 1. The van der Waals surface area contributed by atoms with Crippen LogP contribution in [0.3, 0.4) is 0 Å². The molecule has 5 nitrogen and oxygen atoms in total. The zero-order valence-electron chi connectivity index (χ0n) is 11.6. The smallest absolute Gasteiger partial charge is 0.326 e. The van der Waals surface area contributed by atoms with Gasteiger partial charge in [0.1, 0.15) is 6.04 Å². The highest BCUT2D eigenvalue weighted by Crippen LogP contribution is 2.32. The molecule has 1 aromatic carbocycles. The molecule has 0 bridgehead atoms. The van der Waals surface area contributed by atoms with E-state index < -0.39 is 18.0 Å². The average Bonchev–Trinajstić information content (AvgIpc) is 3.20. The highest BCUT2D eigenvalue weighted by atomic mass is 16.4. The molecule has 0 radical (unpaired) electrons. The molecule has 0 aromatic heterocycles. The fourth-order valence-corrected chi connectivity index (χ4v) is 2.19. The Bertz CT molecular complexity index is 498. The van der Waals surface area contributed by atoms with Crippen LogP contribution in [0.4, 0.5) is 4.79 Å². The number of urea groups is 1. The topological polar surface area (TPSA) is 78.4 Å². The number of carboxylic acid groups (broad SMARTS) is 1. The maximum Gasteiger partial charge on any atom is 0.326 e. The molecule has 3 N–H and O–H groups in total. The second-order valence-electron chi connectivity index (χ2n) is 5.29. The van der Waals surface area contributed by atoms with E-state index >= 15 is 0 Å². The lowest BCUT2D eigenvalue weighted by atomic mass is 10.1. The summed E-state index contributed by atoms with van der Waals surface area (Å²) >= 11 is 0. The zero-order chi connectivity index (χ0) is 14.5. The highest BCUT2D eigenvalue weighted by Gasteiger charge is 2.37. The summed E-state index contributed by atoms with van der Waals surface area (Å²) in [5.74, 6) is -0.864. The quantitative estimate of drug-likeness (QED) is 0.740. The van der Waals surface area contributed by atoms with Crippen LogP contribution in [0, 0.1) is 12.8 Å². The van der Waals surface area contributed by atoms with Crippen molar-refractivity contribution in [3.05, 3.63) is 35.4 Å². The van der Waals surface area contributed by atoms with Gasteiger partial charge in [0.25, 0.3) is 0 Å². The summed E-state index contributed by atoms with van der Waals surface area (Å²) in [5, 5.41) is 14.3. The second-order valence-corrected chi connectivity index (χ2v) is 5.29. The molecule has 1 atom stereocenters. The van der Waals surface area contributed by atoms with Gasteiger partial charge in [-0.3, -0.25) is 0 Å². The number of rotatable bonds is 6. The molecule has 1 unspecified atom stereocenters. The molecule has 1 aromatic rings. The number of hydrogen-bond donors (Lipinski definition) is 3. The minimum atomic E-state index is -0.957. The standard InChI is InChI=1S/C15H20N2O3/c1-10-3-2-4-11(9-10)7-8-16-15(20)17-13(14(18)19)12-5-6-12/h2-4,9,12-13H,5-8H2,1H3,(H,18,19)(H2,16,17,20). The van der Waals surface area contributed by atoms with E-state index in [2.05, 4.69) is 16.7 Å². The fourth-order valence-electron chi connectivity index (χ4n) is 2.19. The van der Waals surface area contributed by atoms with E-state index in [-0.39, 0.29) is 5.92 Å². The Morgan fingerprint density at radius 1 is 1.40 bits per heavy atom. The van der Waals surface area contributed by atoms with Crippen LogP contribution >= 0.6 is 0 Å². The molecule has 2 rings (SSSR count). The number of aliphatic carboxylic acids is 1. The van der Waals surface area contributed by atoms with Crippen molar-refractivity contribution < 1.29 is 14.7 Å². The van der Waals surface area contributed by atoms with Gasteiger partial charge in [0.2, 0.25) is 0 Å². The normalized spacial score (nSPS) is 15.4. The third-order valence-corrected chi connectivity index (χ3v) is 3.43. The van der Waals surface area contributed by atoms with Crippen molar-refractivity contribution in [2.75, 3.05) is 6.54 Å². The van der Waals surface area contributed by atoms with Crippen LogP contribution < -0.4 is 10.6 Å². The van der Waals surface area contributed by atoms with Gasteiger partial charge in [-0.05, 0) is 37.7 Å². The van der Waals surface area contributed by atoms with Crippen LogP contribution in [0.5, 0.6) is 0 Å². The van der Waals surface area contributed by atoms with Gasteiger partial charge in [0.15, 0.2) is 0 Å². The molecule has 20 heavy (non-hydrogen) atoms. The van der Waals surface area contributed by atoms with Crippen LogP contribution in [0.1, 0.15) is 24.0 Å². The fraction of sp³-hybridized carbons (Fsp3) is 0.467. The number of carbonyl (C=O) groups excluding carboxylic acids is 1. The number of aryl methyl sites for hydroxylation is 1. The summed E-state index contributed by atoms with van der Waals surface area (Å²) in [5.41, 5.74) is 2.34. The predicted molar refractivity (Wildman–Crippen MR) is 75.6 cm³/mol. The number of amides is 2. The van der Waals surface area contributed by atoms with Gasteiger partial charge in [-0.2, -0.15) is 0 Å². The molecule has 0 spiro atoms. The first-order valence-corrected chi connectivity index (χ1v) is 6.89.